The molecule has 0 amide bonds. The number of aliphatic hydroxyl groups is 1. The van der Waals surface area contributed by atoms with Crippen LogP contribution in [0, 0.1) is 0 Å². The van der Waals surface area contributed by atoms with E-state index in [1.165, 1.54) is 16.5 Å². The molecule has 0 saturated heterocycles. The normalized spacial score (nSPS) is 15.2. The third kappa shape index (κ3) is 4.79. The number of hydrogen-bond donors (Lipinski definition) is 1. The summed E-state index contributed by atoms with van der Waals surface area (Å²) in [5.74, 6) is 2.52. The molecule has 204 valence electrons. The standard InChI is InChI=1S/C32H36N2O5/c1-6-33-19-23(26-9-7-8-10-29(26)33)15-24(20-35)34-27-14-12-25(36-2)16-21(27)11-13-28(34)22-17-30(37-3)32(39-5)31(18-22)38-4/h7-14,16-19,24,28,35H,6,15,20H2,1-5H3/t24-,28?/m1/s1. The van der Waals surface area contributed by atoms with Crippen molar-refractivity contribution < 1.29 is 24.1 Å². The lowest BCUT2D eigenvalue weighted by Gasteiger charge is -2.41. The Labute approximate surface area is 229 Å². The van der Waals surface area contributed by atoms with Crippen LogP contribution in [-0.2, 0) is 13.0 Å². The van der Waals surface area contributed by atoms with Gasteiger partial charge in [-0.2, -0.15) is 0 Å². The Morgan fingerprint density at radius 2 is 1.64 bits per heavy atom. The van der Waals surface area contributed by atoms with Gasteiger partial charge in [0, 0.05) is 34.9 Å². The molecule has 0 bridgehead atoms. The summed E-state index contributed by atoms with van der Waals surface area (Å²) < 4.78 is 24.7. The highest BCUT2D eigenvalue weighted by Gasteiger charge is 2.32. The lowest BCUT2D eigenvalue weighted by Crippen LogP contribution is -2.43. The first-order chi connectivity index (χ1) is 19.1. The molecule has 1 aliphatic rings. The van der Waals surface area contributed by atoms with E-state index in [-0.39, 0.29) is 18.7 Å². The van der Waals surface area contributed by atoms with E-state index >= 15 is 0 Å². The number of para-hydroxylation sites is 1. The van der Waals surface area contributed by atoms with Gasteiger partial charge in [-0.15, -0.1) is 0 Å². The number of aryl methyl sites for hydroxylation is 1. The molecule has 0 aliphatic carbocycles. The summed E-state index contributed by atoms with van der Waals surface area (Å²) >= 11 is 0. The molecule has 0 spiro atoms. The van der Waals surface area contributed by atoms with Gasteiger partial charge in [-0.25, -0.2) is 0 Å². The van der Waals surface area contributed by atoms with Crippen LogP contribution in [0.3, 0.4) is 0 Å². The van der Waals surface area contributed by atoms with Gasteiger partial charge in [0.15, 0.2) is 11.5 Å². The third-order valence-corrected chi connectivity index (χ3v) is 7.57. The van der Waals surface area contributed by atoms with Crippen molar-refractivity contribution in [2.75, 3.05) is 39.9 Å². The Morgan fingerprint density at radius 1 is 0.897 bits per heavy atom. The van der Waals surface area contributed by atoms with E-state index < -0.39 is 0 Å². The molecular formula is C32H36N2O5. The first-order valence-electron chi connectivity index (χ1n) is 13.2. The summed E-state index contributed by atoms with van der Waals surface area (Å²) in [5, 5.41) is 12.1. The van der Waals surface area contributed by atoms with Crippen LogP contribution in [0.5, 0.6) is 23.0 Å². The fourth-order valence-corrected chi connectivity index (χ4v) is 5.69. The van der Waals surface area contributed by atoms with E-state index in [0.717, 1.165) is 29.1 Å². The van der Waals surface area contributed by atoms with Crippen LogP contribution in [0.25, 0.3) is 17.0 Å². The smallest absolute Gasteiger partial charge is 0.203 e. The van der Waals surface area contributed by atoms with Crippen LogP contribution < -0.4 is 23.8 Å². The van der Waals surface area contributed by atoms with E-state index in [1.54, 1.807) is 28.4 Å². The molecule has 0 fully saturated rings. The highest BCUT2D eigenvalue weighted by molar-refractivity contribution is 5.84. The van der Waals surface area contributed by atoms with Gasteiger partial charge >= 0.3 is 0 Å². The van der Waals surface area contributed by atoms with E-state index in [2.05, 4.69) is 65.1 Å². The lowest BCUT2D eigenvalue weighted by molar-refractivity contribution is 0.254. The molecule has 4 aromatic rings. The summed E-state index contributed by atoms with van der Waals surface area (Å²) in [7, 11) is 6.52. The Kier molecular flexibility index (Phi) is 7.70. The number of ether oxygens (including phenoxy) is 4. The van der Waals surface area contributed by atoms with Gasteiger partial charge < -0.3 is 33.5 Å². The van der Waals surface area contributed by atoms with Gasteiger partial charge in [0.1, 0.15) is 5.75 Å². The molecule has 1 unspecified atom stereocenters. The average Bonchev–Trinajstić information content (AvgIpc) is 3.35. The van der Waals surface area contributed by atoms with Crippen LogP contribution >= 0.6 is 0 Å². The van der Waals surface area contributed by atoms with Gasteiger partial charge in [0.2, 0.25) is 5.75 Å². The molecule has 1 N–H and O–H groups in total. The summed E-state index contributed by atoms with van der Waals surface area (Å²) in [6.45, 7) is 3.01. The van der Waals surface area contributed by atoms with Crippen molar-refractivity contribution in [2.45, 2.75) is 32.0 Å². The van der Waals surface area contributed by atoms with Crippen molar-refractivity contribution in [1.29, 1.82) is 0 Å². The van der Waals surface area contributed by atoms with E-state index in [0.29, 0.717) is 23.7 Å². The molecule has 3 aromatic carbocycles. The Hall–Kier alpha value is -4.10. The maximum atomic E-state index is 10.9. The van der Waals surface area contributed by atoms with Gasteiger partial charge in [0.25, 0.3) is 0 Å². The monoisotopic (exact) mass is 528 g/mol. The first kappa shape index (κ1) is 26.5. The van der Waals surface area contributed by atoms with Crippen molar-refractivity contribution in [1.82, 2.24) is 4.57 Å². The molecule has 7 nitrogen and oxygen atoms in total. The minimum absolute atomic E-state index is 0.0220. The molecule has 0 radical (unpaired) electrons. The fraction of sp³-hybridized carbons (Fsp3) is 0.312. The van der Waals surface area contributed by atoms with Crippen LogP contribution in [0.2, 0.25) is 0 Å². The Morgan fingerprint density at radius 3 is 2.28 bits per heavy atom. The third-order valence-electron chi connectivity index (χ3n) is 7.57. The molecule has 39 heavy (non-hydrogen) atoms. The van der Waals surface area contributed by atoms with E-state index in [4.69, 9.17) is 18.9 Å². The average molecular weight is 529 g/mol. The topological polar surface area (TPSA) is 65.3 Å². The van der Waals surface area contributed by atoms with Crippen molar-refractivity contribution in [2.24, 2.45) is 0 Å². The zero-order valence-corrected chi connectivity index (χ0v) is 23.2. The highest BCUT2D eigenvalue weighted by atomic mass is 16.5. The van der Waals surface area contributed by atoms with Gasteiger partial charge in [-0.1, -0.05) is 30.4 Å². The maximum absolute atomic E-state index is 10.9. The zero-order chi connectivity index (χ0) is 27.5. The van der Waals surface area contributed by atoms with Crippen LogP contribution in [0.1, 0.15) is 29.7 Å². The summed E-state index contributed by atoms with van der Waals surface area (Å²) in [6, 6.07) is 18.1. The molecular weight excluding hydrogens is 492 g/mol. The minimum atomic E-state index is -0.206. The van der Waals surface area contributed by atoms with Crippen LogP contribution in [0.15, 0.2) is 66.9 Å². The number of hydrogen-bond acceptors (Lipinski definition) is 6. The summed E-state index contributed by atoms with van der Waals surface area (Å²) in [6.07, 6.45) is 7.15. The molecule has 5 rings (SSSR count). The number of aliphatic hydroxyl groups excluding tert-OH is 1. The quantitative estimate of drug-likeness (QED) is 0.278. The predicted molar refractivity (Wildman–Crippen MR) is 156 cm³/mol. The van der Waals surface area contributed by atoms with Crippen molar-refractivity contribution >= 4 is 22.7 Å². The highest BCUT2D eigenvalue weighted by Crippen LogP contribution is 2.45. The molecule has 1 aromatic heterocycles. The van der Waals surface area contributed by atoms with E-state index in [9.17, 15) is 5.11 Å². The zero-order valence-electron chi connectivity index (χ0n) is 23.2. The largest absolute Gasteiger partial charge is 0.497 e. The van der Waals surface area contributed by atoms with Crippen LogP contribution in [-0.4, -0.2) is 50.8 Å². The van der Waals surface area contributed by atoms with Crippen molar-refractivity contribution in [3.05, 3.63) is 83.6 Å². The van der Waals surface area contributed by atoms with Crippen molar-refractivity contribution in [3.8, 4) is 23.0 Å². The van der Waals surface area contributed by atoms with Gasteiger partial charge in [-0.05, 0) is 60.9 Å². The van der Waals surface area contributed by atoms with Crippen molar-refractivity contribution in [3.63, 3.8) is 0 Å². The molecule has 0 saturated carbocycles. The van der Waals surface area contributed by atoms with E-state index in [1.807, 2.05) is 24.3 Å². The fourth-order valence-electron chi connectivity index (χ4n) is 5.69. The van der Waals surface area contributed by atoms with Gasteiger partial charge in [0.05, 0.1) is 47.1 Å². The second-order valence-electron chi connectivity index (χ2n) is 9.59. The van der Waals surface area contributed by atoms with Gasteiger partial charge in [-0.3, -0.25) is 0 Å². The number of benzene rings is 3. The number of fused-ring (bicyclic) bond motifs is 2. The number of methoxy groups -OCH3 is 4. The summed E-state index contributed by atoms with van der Waals surface area (Å²) in [5.41, 5.74) is 5.44. The number of nitrogens with zero attached hydrogens (tertiary/aromatic N) is 2. The Balaban J connectivity index is 1.64. The molecule has 2 heterocycles. The second-order valence-corrected chi connectivity index (χ2v) is 9.59. The number of aromatic nitrogens is 1. The Bertz CT molecular complexity index is 1470. The first-order valence-corrected chi connectivity index (χ1v) is 13.2. The molecule has 2 atom stereocenters. The number of anilines is 1. The summed E-state index contributed by atoms with van der Waals surface area (Å²) in [4.78, 5) is 2.30. The SMILES string of the molecule is CCn1cc(C[C@H](CO)N2c3ccc(OC)cc3C=CC2c2cc(OC)c(OC)c(OC)c2)c2ccccc21. The predicted octanol–water partition coefficient (Wildman–Crippen LogP) is 5.87. The lowest BCUT2D eigenvalue weighted by atomic mass is 9.92. The van der Waals surface area contributed by atoms with Crippen LogP contribution in [0.4, 0.5) is 5.69 Å². The molecule has 7 heteroatoms. The molecule has 1 aliphatic heterocycles. The number of rotatable bonds is 10. The minimum Gasteiger partial charge on any atom is -0.497 e. The maximum Gasteiger partial charge on any atom is 0.203 e. The second kappa shape index (κ2) is 11.3.